The van der Waals surface area contributed by atoms with Crippen LogP contribution in [-0.2, 0) is 45.8 Å². The van der Waals surface area contributed by atoms with Crippen LogP contribution in [0.4, 0.5) is 0 Å². The van der Waals surface area contributed by atoms with Crippen molar-refractivity contribution in [3.63, 3.8) is 0 Å². The van der Waals surface area contributed by atoms with Gasteiger partial charge in [-0.2, -0.15) is 0 Å². The van der Waals surface area contributed by atoms with E-state index in [9.17, 15) is 30.6 Å². The normalized spacial score (nSPS) is 25.8. The topological polar surface area (TPSA) is 158 Å². The monoisotopic (exact) mass is 1030 g/mol. The summed E-state index contributed by atoms with van der Waals surface area (Å²) in [4.78, 5) is 36.9. The Labute approximate surface area is 423 Å². The van der Waals surface area contributed by atoms with Gasteiger partial charge >= 0.3 is 0 Å². The molecule has 4 aliphatic heterocycles. The van der Waals surface area contributed by atoms with Crippen molar-refractivity contribution in [2.24, 2.45) is 16.8 Å². The molecule has 2 saturated heterocycles. The third-order valence-corrected chi connectivity index (χ3v) is 21.2. The van der Waals surface area contributed by atoms with Crippen LogP contribution in [0.1, 0.15) is 179 Å². The highest BCUT2D eigenvalue weighted by Gasteiger charge is 2.52. The molecule has 13 nitrogen and oxygen atoms in total. The van der Waals surface area contributed by atoms with Crippen LogP contribution in [0.2, 0.25) is 0 Å². The summed E-state index contributed by atoms with van der Waals surface area (Å²) in [5, 5.41) is 0. The number of carbonyl (C=O) groups excluding carboxylic acids is 2. The van der Waals surface area contributed by atoms with Gasteiger partial charge in [0.25, 0.3) is 26.0 Å². The Bertz CT molecular complexity index is 2580. The van der Waals surface area contributed by atoms with Gasteiger partial charge in [-0.05, 0) is 203 Å². The van der Waals surface area contributed by atoms with E-state index < -0.39 is 35.3 Å². The second kappa shape index (κ2) is 21.2. The number of sulfonamides is 2. The fraction of sp³-hybridized carbons (Fsp3) is 0.685. The van der Waals surface area contributed by atoms with E-state index in [2.05, 4.69) is 105 Å². The first-order valence-corrected chi connectivity index (χ1v) is 30.1. The molecule has 3 fully saturated rings. The number of likely N-dealkylation sites (tertiary alicyclic amines) is 1. The van der Waals surface area contributed by atoms with Crippen molar-refractivity contribution in [2.75, 3.05) is 25.4 Å². The lowest BCUT2D eigenvalue weighted by Crippen LogP contribution is -2.45. The maximum absolute atomic E-state index is 12.2. The highest BCUT2D eigenvalue weighted by Crippen LogP contribution is 2.42. The zero-order valence-electron chi connectivity index (χ0n) is 45.3. The Morgan fingerprint density at radius 1 is 0.657 bits per heavy atom. The van der Waals surface area contributed by atoms with Gasteiger partial charge in [0.15, 0.2) is 0 Å². The maximum Gasteiger partial charge on any atom is 0.258 e. The average molecular weight is 1030 g/mol. The standard InChI is InChI=1S/C12H16N2.C12H21NO.C12H19NO.C10H13NO4S2.C8H17NOS/c1-12(2,3)14-11-5-4-9-6-7-13-8-10(9)11;2*1-12(2,3)13-8-9-6-4-5-7-10(9)11(13)14;1-10(2,3)11-16(12,13)8-6-4-5-7-9(8)17(11,14)15;1-8(2,3)9-6-5-7-11(9,4)10/h6-8H,4-5H2,1-3H3;9-10H,4-8H2,1-3H3;4-8H2,1-3H3;4-7H,1-3H3;4-7H2,1-3H3. The van der Waals surface area contributed by atoms with Crippen molar-refractivity contribution in [3.8, 4) is 0 Å². The van der Waals surface area contributed by atoms with E-state index in [1.165, 1.54) is 78.8 Å². The first-order chi connectivity index (χ1) is 32.0. The Morgan fingerprint density at radius 3 is 1.70 bits per heavy atom. The number of amides is 2. The molecule has 9 rings (SSSR count). The summed E-state index contributed by atoms with van der Waals surface area (Å²) in [5.41, 5.74) is 5.43. The minimum absolute atomic E-state index is 0.00926. The molecule has 3 aliphatic carbocycles. The van der Waals surface area contributed by atoms with Crippen LogP contribution in [0.5, 0.6) is 0 Å². The summed E-state index contributed by atoms with van der Waals surface area (Å²) in [7, 11) is -9.84. The lowest BCUT2D eigenvalue weighted by molar-refractivity contribution is -0.135. The molecule has 2 amide bonds. The second-order valence-corrected chi connectivity index (χ2v) is 30.9. The lowest BCUT2D eigenvalue weighted by atomic mass is 9.81. The van der Waals surface area contributed by atoms with E-state index in [0.717, 1.165) is 69.5 Å². The van der Waals surface area contributed by atoms with Crippen molar-refractivity contribution < 1.29 is 30.6 Å². The smallest absolute Gasteiger partial charge is 0.258 e. The van der Waals surface area contributed by atoms with Gasteiger partial charge < -0.3 is 9.80 Å². The van der Waals surface area contributed by atoms with Gasteiger partial charge in [-0.3, -0.25) is 23.8 Å². The third-order valence-electron chi connectivity index (χ3n) is 13.7. The molecule has 70 heavy (non-hydrogen) atoms. The average Bonchev–Trinajstić information content (AvgIpc) is 4.02. The predicted octanol–water partition coefficient (Wildman–Crippen LogP) is 9.85. The minimum Gasteiger partial charge on any atom is -0.337 e. The van der Waals surface area contributed by atoms with E-state index in [4.69, 9.17) is 4.99 Å². The van der Waals surface area contributed by atoms with Crippen molar-refractivity contribution in [3.05, 3.63) is 65.0 Å². The summed E-state index contributed by atoms with van der Waals surface area (Å²) >= 11 is 0. The molecular formula is C54H86N6O7S3. The molecule has 0 spiro atoms. The molecule has 3 atom stereocenters. The van der Waals surface area contributed by atoms with Gasteiger partial charge in [0.1, 0.15) is 9.79 Å². The van der Waals surface area contributed by atoms with Crippen LogP contribution >= 0.6 is 0 Å². The Balaban J connectivity index is 0.000000164. The number of fused-ring (bicyclic) bond motifs is 3. The van der Waals surface area contributed by atoms with E-state index in [1.54, 1.807) is 20.8 Å². The Kier molecular flexibility index (Phi) is 17.4. The predicted molar refractivity (Wildman–Crippen MR) is 286 cm³/mol. The fourth-order valence-corrected chi connectivity index (χ4v) is 17.9. The number of nitrogens with zero attached hydrogens (tertiary/aromatic N) is 6. The summed E-state index contributed by atoms with van der Waals surface area (Å²) in [6.07, 6.45) is 16.6. The first kappa shape index (κ1) is 57.5. The molecule has 392 valence electrons. The van der Waals surface area contributed by atoms with Crippen LogP contribution in [0, 0.1) is 11.8 Å². The van der Waals surface area contributed by atoms with Gasteiger partial charge in [0, 0.05) is 92.4 Å². The molecule has 0 N–H and O–H groups in total. The number of pyridine rings is 1. The number of hydrogen-bond donors (Lipinski definition) is 0. The number of aromatic nitrogens is 1. The van der Waals surface area contributed by atoms with Crippen LogP contribution in [-0.4, -0.2) is 120 Å². The van der Waals surface area contributed by atoms with Crippen molar-refractivity contribution in [2.45, 2.75) is 212 Å². The highest BCUT2D eigenvalue weighted by atomic mass is 32.3. The molecule has 0 bridgehead atoms. The van der Waals surface area contributed by atoms with Crippen LogP contribution in [0.25, 0.3) is 0 Å². The number of aryl methyl sites for hydroxylation is 1. The van der Waals surface area contributed by atoms with E-state index in [1.807, 2.05) is 21.6 Å². The van der Waals surface area contributed by atoms with E-state index in [-0.39, 0.29) is 31.9 Å². The van der Waals surface area contributed by atoms with E-state index >= 15 is 0 Å². The number of carbonyl (C=O) groups is 2. The number of hydrogen-bond acceptors (Lipinski definition) is 9. The zero-order valence-corrected chi connectivity index (χ0v) is 47.7. The molecule has 5 heterocycles. The molecular weight excluding hydrogens is 941 g/mol. The van der Waals surface area contributed by atoms with Crippen molar-refractivity contribution in [1.82, 2.24) is 22.8 Å². The fourth-order valence-electron chi connectivity index (χ4n) is 10.5. The van der Waals surface area contributed by atoms with E-state index in [0.29, 0.717) is 27.4 Å². The molecule has 7 aliphatic rings. The van der Waals surface area contributed by atoms with Crippen LogP contribution < -0.4 is 0 Å². The zero-order chi connectivity index (χ0) is 52.6. The minimum atomic E-state index is -3.97. The van der Waals surface area contributed by atoms with Gasteiger partial charge in [-0.15, -0.1) is 0 Å². The van der Waals surface area contributed by atoms with Crippen LogP contribution in [0.3, 0.4) is 0 Å². The number of benzene rings is 1. The van der Waals surface area contributed by atoms with Gasteiger partial charge in [-0.1, -0.05) is 28.7 Å². The van der Waals surface area contributed by atoms with Gasteiger partial charge in [-0.25, -0.2) is 21.1 Å². The van der Waals surface area contributed by atoms with Crippen molar-refractivity contribution >= 4 is 53.2 Å². The van der Waals surface area contributed by atoms with Crippen LogP contribution in [0.15, 0.2) is 68.7 Å². The molecule has 0 radical (unpaired) electrons. The summed E-state index contributed by atoms with van der Waals surface area (Å²) < 4.78 is 63.2. The van der Waals surface area contributed by atoms with Gasteiger partial charge in [0.05, 0.1) is 5.54 Å². The quantitative estimate of drug-likeness (QED) is 0.236. The molecule has 1 aromatic carbocycles. The molecule has 16 heteroatoms. The largest absolute Gasteiger partial charge is 0.337 e. The molecule has 2 aromatic rings. The Hall–Kier alpha value is -3.44. The van der Waals surface area contributed by atoms with Gasteiger partial charge in [0.2, 0.25) is 5.91 Å². The first-order valence-electron chi connectivity index (χ1n) is 25.4. The SMILES string of the molecule is C=S1(=O)CCCN1C(C)(C)C.CC(C)(C)N1CC2=C(CCCC2)C1=O.CC(C)(C)N1CC2CCCCC2C1=O.CC(C)(C)N1S(=O)(=O)c2ccccc2S1(=O)=O.CC(C)(C)N=C1CCc2ccncc21. The number of rotatable bonds is 0. The second-order valence-electron chi connectivity index (χ2n) is 24.8. The van der Waals surface area contributed by atoms with Crippen molar-refractivity contribution in [1.29, 1.82) is 0 Å². The number of aliphatic imine (C=N–C) groups is 1. The maximum atomic E-state index is 12.2. The third kappa shape index (κ3) is 13.4. The highest BCUT2D eigenvalue weighted by molar-refractivity contribution is 8.06. The summed E-state index contributed by atoms with van der Waals surface area (Å²) in [6.45, 7) is 32.9. The molecule has 3 unspecified atom stereocenters. The summed E-state index contributed by atoms with van der Waals surface area (Å²) in [5.74, 6) is 6.28. The molecule has 1 aromatic heterocycles. The lowest BCUT2D eigenvalue weighted by Gasteiger charge is -2.32. The Morgan fingerprint density at radius 2 is 1.23 bits per heavy atom. The molecule has 1 saturated carbocycles. The summed E-state index contributed by atoms with van der Waals surface area (Å²) in [6, 6.07) is 7.75.